The summed E-state index contributed by atoms with van der Waals surface area (Å²) in [5, 5.41) is 2.76. The van der Waals surface area contributed by atoms with E-state index in [-0.39, 0.29) is 48.2 Å². The third-order valence-electron chi connectivity index (χ3n) is 8.02. The number of carbonyl (C=O) groups excluding carboxylic acids is 4. The smallest absolute Gasteiger partial charge is 0.408 e. The number of nitrogens with zero attached hydrogens (tertiary/aromatic N) is 2. The van der Waals surface area contributed by atoms with Gasteiger partial charge in [-0.2, -0.15) is 0 Å². The number of benzene rings is 1. The maximum Gasteiger partial charge on any atom is 0.408 e. The number of rotatable bonds is 6. The van der Waals surface area contributed by atoms with Gasteiger partial charge in [-0.25, -0.2) is 4.79 Å². The van der Waals surface area contributed by atoms with E-state index in [1.54, 1.807) is 4.90 Å². The number of likely N-dealkylation sites (tertiary alicyclic amines) is 2. The minimum absolute atomic E-state index is 0.0333. The third-order valence-corrected chi connectivity index (χ3v) is 8.02. The van der Waals surface area contributed by atoms with Crippen LogP contribution < -0.4 is 5.32 Å². The first-order valence-electron chi connectivity index (χ1n) is 12.5. The van der Waals surface area contributed by atoms with E-state index in [1.165, 1.54) is 4.90 Å². The van der Waals surface area contributed by atoms with Crippen LogP contribution in [-0.4, -0.2) is 58.3 Å². The first kappa shape index (κ1) is 22.9. The van der Waals surface area contributed by atoms with E-state index in [2.05, 4.69) is 5.32 Å². The van der Waals surface area contributed by atoms with Crippen molar-refractivity contribution in [1.82, 2.24) is 15.1 Å². The summed E-state index contributed by atoms with van der Waals surface area (Å²) >= 11 is 0. The van der Waals surface area contributed by atoms with E-state index >= 15 is 0 Å². The number of ether oxygens (including phenoxy) is 1. The van der Waals surface area contributed by atoms with Gasteiger partial charge in [-0.15, -0.1) is 0 Å². The molecule has 2 saturated heterocycles. The molecule has 1 N–H and O–H groups in total. The SMILES string of the molecule is CC(C)[C@H](NC(=O)OCc1ccccc1)C(=O)N1CC[C@H]2[C@H]1C1(CCC1)C(=O)N2C(=O)C1CC1. The molecule has 1 spiro atoms. The molecule has 2 aliphatic carbocycles. The lowest BCUT2D eigenvalue weighted by Crippen LogP contribution is -2.58. The van der Waals surface area contributed by atoms with Gasteiger partial charge in [0.25, 0.3) is 0 Å². The second-order valence-electron chi connectivity index (χ2n) is 10.6. The van der Waals surface area contributed by atoms with Crippen LogP contribution in [0.2, 0.25) is 0 Å². The topological polar surface area (TPSA) is 96.0 Å². The summed E-state index contributed by atoms with van der Waals surface area (Å²) in [6.45, 7) is 4.38. The van der Waals surface area contributed by atoms with Crippen LogP contribution in [0.25, 0.3) is 0 Å². The summed E-state index contributed by atoms with van der Waals surface area (Å²) in [5.41, 5.74) is 0.223. The molecule has 4 fully saturated rings. The lowest BCUT2D eigenvalue weighted by Gasteiger charge is -2.44. The first-order valence-corrected chi connectivity index (χ1v) is 12.5. The molecule has 8 heteroatoms. The van der Waals surface area contributed by atoms with Gasteiger partial charge in [0.1, 0.15) is 12.6 Å². The van der Waals surface area contributed by atoms with Crippen molar-refractivity contribution in [2.75, 3.05) is 6.54 Å². The van der Waals surface area contributed by atoms with Gasteiger partial charge in [-0.3, -0.25) is 19.3 Å². The van der Waals surface area contributed by atoms with Crippen LogP contribution in [0.5, 0.6) is 0 Å². The lowest BCUT2D eigenvalue weighted by atomic mass is 9.64. The highest BCUT2D eigenvalue weighted by molar-refractivity contribution is 6.04. The Labute approximate surface area is 200 Å². The molecule has 182 valence electrons. The quantitative estimate of drug-likeness (QED) is 0.649. The molecule has 2 heterocycles. The number of hydrogen-bond donors (Lipinski definition) is 1. The second-order valence-corrected chi connectivity index (χ2v) is 10.6. The van der Waals surface area contributed by atoms with Crippen LogP contribution in [0.4, 0.5) is 4.79 Å². The second kappa shape index (κ2) is 8.71. The number of hydrogen-bond acceptors (Lipinski definition) is 5. The van der Waals surface area contributed by atoms with Gasteiger partial charge in [-0.1, -0.05) is 50.6 Å². The fourth-order valence-corrected chi connectivity index (χ4v) is 5.92. The molecule has 0 aromatic heterocycles. The highest BCUT2D eigenvalue weighted by Gasteiger charge is 2.68. The number of amides is 4. The Balaban J connectivity index is 1.31. The molecule has 34 heavy (non-hydrogen) atoms. The van der Waals surface area contributed by atoms with Gasteiger partial charge in [0.2, 0.25) is 17.7 Å². The molecule has 5 rings (SSSR count). The zero-order chi connectivity index (χ0) is 24.0. The van der Waals surface area contributed by atoms with E-state index in [0.717, 1.165) is 24.8 Å². The van der Waals surface area contributed by atoms with Crippen molar-refractivity contribution in [1.29, 1.82) is 0 Å². The predicted octanol–water partition coefficient (Wildman–Crippen LogP) is 2.86. The van der Waals surface area contributed by atoms with Gasteiger partial charge >= 0.3 is 6.09 Å². The molecule has 1 aromatic carbocycles. The summed E-state index contributed by atoms with van der Waals surface area (Å²) in [4.78, 5) is 56.0. The summed E-state index contributed by atoms with van der Waals surface area (Å²) < 4.78 is 5.35. The fourth-order valence-electron chi connectivity index (χ4n) is 5.92. The summed E-state index contributed by atoms with van der Waals surface area (Å²) in [6.07, 6.45) is 4.01. The average Bonchev–Trinajstić information content (AvgIpc) is 3.51. The molecule has 2 saturated carbocycles. The minimum Gasteiger partial charge on any atom is -0.445 e. The van der Waals surface area contributed by atoms with Crippen LogP contribution >= 0.6 is 0 Å². The monoisotopic (exact) mass is 467 g/mol. The van der Waals surface area contributed by atoms with Gasteiger partial charge in [-0.05, 0) is 43.6 Å². The van der Waals surface area contributed by atoms with Crippen molar-refractivity contribution >= 4 is 23.8 Å². The minimum atomic E-state index is -0.762. The Kier molecular flexibility index (Phi) is 5.86. The predicted molar refractivity (Wildman–Crippen MR) is 123 cm³/mol. The van der Waals surface area contributed by atoms with Crippen molar-refractivity contribution in [3.05, 3.63) is 35.9 Å². The van der Waals surface area contributed by atoms with Crippen molar-refractivity contribution in [3.63, 3.8) is 0 Å². The molecule has 1 aromatic rings. The standard InChI is InChI=1S/C26H33N3O5/c1-16(2)20(27-25(33)34-15-17-7-4-3-5-8-17)23(31)28-14-11-19-21(28)26(12-6-13-26)24(32)29(19)22(30)18-9-10-18/h3-5,7-8,16,18-21H,6,9-15H2,1-2H3,(H,27,33)/t19-,20-,21-/m0/s1. The van der Waals surface area contributed by atoms with Crippen LogP contribution in [0, 0.1) is 17.3 Å². The third kappa shape index (κ3) is 3.77. The van der Waals surface area contributed by atoms with E-state index < -0.39 is 17.6 Å². The first-order chi connectivity index (χ1) is 16.3. The Morgan fingerprint density at radius 2 is 1.82 bits per heavy atom. The van der Waals surface area contributed by atoms with Gasteiger partial charge in [0.05, 0.1) is 17.5 Å². The zero-order valence-corrected chi connectivity index (χ0v) is 19.9. The Hall–Kier alpha value is -2.90. The van der Waals surface area contributed by atoms with Crippen molar-refractivity contribution in [2.45, 2.75) is 77.1 Å². The number of carbonyl (C=O) groups is 4. The molecule has 2 aliphatic heterocycles. The molecular weight excluding hydrogens is 434 g/mol. The Morgan fingerprint density at radius 3 is 2.41 bits per heavy atom. The fraction of sp³-hybridized carbons (Fsp3) is 0.615. The van der Waals surface area contributed by atoms with Gasteiger partial charge in [0, 0.05) is 12.5 Å². The maximum atomic E-state index is 13.7. The molecule has 0 radical (unpaired) electrons. The number of alkyl carbamates (subject to hydrolysis) is 1. The number of fused-ring (bicyclic) bond motifs is 2. The number of imide groups is 1. The summed E-state index contributed by atoms with van der Waals surface area (Å²) in [7, 11) is 0. The molecule has 3 atom stereocenters. The van der Waals surface area contributed by atoms with E-state index in [1.807, 2.05) is 44.2 Å². The zero-order valence-electron chi connectivity index (χ0n) is 19.9. The van der Waals surface area contributed by atoms with Crippen molar-refractivity contribution in [3.8, 4) is 0 Å². The molecule has 0 bridgehead atoms. The maximum absolute atomic E-state index is 13.7. The van der Waals surface area contributed by atoms with Crippen LogP contribution in [0.3, 0.4) is 0 Å². The van der Waals surface area contributed by atoms with Crippen molar-refractivity contribution in [2.24, 2.45) is 17.3 Å². The molecule has 0 unspecified atom stereocenters. The summed E-state index contributed by atoms with van der Waals surface area (Å²) in [5.74, 6) is -0.525. The lowest BCUT2D eigenvalue weighted by molar-refractivity contribution is -0.152. The van der Waals surface area contributed by atoms with E-state index in [4.69, 9.17) is 4.74 Å². The summed E-state index contributed by atoms with van der Waals surface area (Å²) in [6, 6.07) is 8.06. The number of nitrogens with one attached hydrogen (secondary N) is 1. The normalized spacial score (nSPS) is 25.8. The Bertz CT molecular complexity index is 985. The molecule has 8 nitrogen and oxygen atoms in total. The van der Waals surface area contributed by atoms with Gasteiger partial charge in [0.15, 0.2) is 0 Å². The highest BCUT2D eigenvalue weighted by Crippen LogP contribution is 2.56. The Morgan fingerprint density at radius 1 is 1.12 bits per heavy atom. The van der Waals surface area contributed by atoms with E-state index in [9.17, 15) is 19.2 Å². The molecule has 4 amide bonds. The highest BCUT2D eigenvalue weighted by atomic mass is 16.5. The van der Waals surface area contributed by atoms with Crippen molar-refractivity contribution < 1.29 is 23.9 Å². The van der Waals surface area contributed by atoms with Crippen LogP contribution in [-0.2, 0) is 25.7 Å². The van der Waals surface area contributed by atoms with E-state index in [0.29, 0.717) is 25.8 Å². The van der Waals surface area contributed by atoms with Crippen LogP contribution in [0.15, 0.2) is 30.3 Å². The van der Waals surface area contributed by atoms with Crippen LogP contribution in [0.1, 0.15) is 57.9 Å². The largest absolute Gasteiger partial charge is 0.445 e. The average molecular weight is 468 g/mol. The molecule has 4 aliphatic rings. The molecular formula is C26H33N3O5. The van der Waals surface area contributed by atoms with Gasteiger partial charge < -0.3 is 15.0 Å².